The van der Waals surface area contributed by atoms with E-state index in [1.807, 2.05) is 48.7 Å². The van der Waals surface area contributed by atoms with Crippen molar-refractivity contribution in [2.75, 3.05) is 10.6 Å². The number of aromatic nitrogens is 3. The second-order valence-electron chi connectivity index (χ2n) is 4.61. The van der Waals surface area contributed by atoms with Gasteiger partial charge >= 0.3 is 0 Å². The van der Waals surface area contributed by atoms with Crippen LogP contribution in [0.5, 0.6) is 0 Å². The molecule has 6 heteroatoms. The fourth-order valence-corrected chi connectivity index (χ4v) is 2.30. The smallest absolute Gasteiger partial charge is 0.135 e. The Labute approximate surface area is 137 Å². The van der Waals surface area contributed by atoms with E-state index in [-0.39, 0.29) is 0 Å². The Kier molecular flexibility index (Phi) is 4.60. The quantitative estimate of drug-likeness (QED) is 0.724. The number of para-hydroxylation sites is 1. The molecule has 2 heterocycles. The maximum Gasteiger partial charge on any atom is 0.135 e. The third-order valence-electron chi connectivity index (χ3n) is 3.00. The molecule has 0 aliphatic heterocycles. The van der Waals surface area contributed by atoms with Crippen molar-refractivity contribution in [3.8, 4) is 0 Å². The van der Waals surface area contributed by atoms with Gasteiger partial charge in [0.05, 0.1) is 5.69 Å². The molecule has 3 rings (SSSR count). The standard InChI is InChI=1S/C16H14BrN5/c17-13-5-1-2-6-14(13)22-16-8-15(20-11-21-16)19-10-12-4-3-7-18-9-12/h1-9,11H,10H2,(H2,19,20,21,22). The molecule has 0 fully saturated rings. The first-order valence-corrected chi connectivity index (χ1v) is 7.57. The molecule has 1 aromatic carbocycles. The first-order valence-electron chi connectivity index (χ1n) is 6.77. The van der Waals surface area contributed by atoms with Gasteiger partial charge in [0.2, 0.25) is 0 Å². The monoisotopic (exact) mass is 355 g/mol. The van der Waals surface area contributed by atoms with E-state index in [1.165, 1.54) is 6.33 Å². The molecule has 3 aromatic rings. The van der Waals surface area contributed by atoms with Gasteiger partial charge in [0.25, 0.3) is 0 Å². The molecule has 0 saturated heterocycles. The Balaban J connectivity index is 1.69. The Morgan fingerprint density at radius 1 is 1.00 bits per heavy atom. The summed E-state index contributed by atoms with van der Waals surface area (Å²) in [6, 6.07) is 13.7. The summed E-state index contributed by atoms with van der Waals surface area (Å²) in [5, 5.41) is 6.52. The predicted molar refractivity (Wildman–Crippen MR) is 91.0 cm³/mol. The minimum absolute atomic E-state index is 0.666. The third kappa shape index (κ3) is 3.79. The van der Waals surface area contributed by atoms with Crippen LogP contribution < -0.4 is 10.6 Å². The van der Waals surface area contributed by atoms with Crippen LogP contribution in [0.1, 0.15) is 5.56 Å². The highest BCUT2D eigenvalue weighted by molar-refractivity contribution is 9.10. The highest BCUT2D eigenvalue weighted by Crippen LogP contribution is 2.24. The number of hydrogen-bond donors (Lipinski definition) is 2. The average molecular weight is 356 g/mol. The number of hydrogen-bond acceptors (Lipinski definition) is 5. The first kappa shape index (κ1) is 14.5. The van der Waals surface area contributed by atoms with Gasteiger partial charge in [-0.3, -0.25) is 4.98 Å². The zero-order valence-electron chi connectivity index (χ0n) is 11.7. The van der Waals surface area contributed by atoms with E-state index >= 15 is 0 Å². The summed E-state index contributed by atoms with van der Waals surface area (Å²) >= 11 is 3.51. The number of rotatable bonds is 5. The van der Waals surface area contributed by atoms with Crippen molar-refractivity contribution in [3.63, 3.8) is 0 Å². The predicted octanol–water partition coefficient (Wildman–Crippen LogP) is 3.99. The van der Waals surface area contributed by atoms with Crippen molar-refractivity contribution in [2.45, 2.75) is 6.54 Å². The molecule has 5 nitrogen and oxygen atoms in total. The van der Waals surface area contributed by atoms with Crippen molar-refractivity contribution in [1.29, 1.82) is 0 Å². The van der Waals surface area contributed by atoms with Gasteiger partial charge in [-0.25, -0.2) is 9.97 Å². The molecule has 0 atom stereocenters. The summed E-state index contributed by atoms with van der Waals surface area (Å²) in [5.74, 6) is 1.49. The van der Waals surface area contributed by atoms with Crippen molar-refractivity contribution in [2.24, 2.45) is 0 Å². The summed E-state index contributed by atoms with van der Waals surface area (Å²) in [6.07, 6.45) is 5.12. The molecule has 0 aliphatic rings. The maximum atomic E-state index is 4.24. The number of benzene rings is 1. The van der Waals surface area contributed by atoms with Crippen LogP contribution in [0.15, 0.2) is 65.7 Å². The summed E-state index contributed by atoms with van der Waals surface area (Å²) in [6.45, 7) is 0.666. The molecular formula is C16H14BrN5. The van der Waals surface area contributed by atoms with E-state index in [2.05, 4.69) is 41.5 Å². The Bertz CT molecular complexity index is 748. The van der Waals surface area contributed by atoms with Crippen molar-refractivity contribution >= 4 is 33.3 Å². The van der Waals surface area contributed by atoms with E-state index in [0.717, 1.165) is 27.4 Å². The van der Waals surface area contributed by atoms with Gasteiger partial charge in [-0.1, -0.05) is 18.2 Å². The number of nitrogens with zero attached hydrogens (tertiary/aromatic N) is 3. The van der Waals surface area contributed by atoms with Crippen molar-refractivity contribution < 1.29 is 0 Å². The van der Waals surface area contributed by atoms with Crippen LogP contribution in [0.25, 0.3) is 0 Å². The molecule has 2 N–H and O–H groups in total. The Morgan fingerprint density at radius 3 is 2.68 bits per heavy atom. The number of pyridine rings is 1. The molecule has 0 bridgehead atoms. The lowest BCUT2D eigenvalue weighted by Crippen LogP contribution is -2.03. The lowest BCUT2D eigenvalue weighted by molar-refractivity contribution is 1.07. The van der Waals surface area contributed by atoms with Gasteiger partial charge in [0, 0.05) is 29.5 Å². The SMILES string of the molecule is Brc1ccccc1Nc1cc(NCc2cccnc2)ncn1. The molecule has 0 aliphatic carbocycles. The van der Waals surface area contributed by atoms with Crippen LogP contribution in [0.4, 0.5) is 17.3 Å². The Morgan fingerprint density at radius 2 is 1.86 bits per heavy atom. The molecule has 0 unspecified atom stereocenters. The summed E-state index contributed by atoms with van der Waals surface area (Å²) < 4.78 is 0.985. The van der Waals surface area contributed by atoms with Crippen LogP contribution in [0.2, 0.25) is 0 Å². The summed E-state index contributed by atoms with van der Waals surface area (Å²) in [5.41, 5.74) is 2.06. The Hall–Kier alpha value is -2.47. The molecule has 0 spiro atoms. The number of halogens is 1. The highest BCUT2D eigenvalue weighted by atomic mass is 79.9. The summed E-state index contributed by atoms with van der Waals surface area (Å²) in [4.78, 5) is 12.5. The summed E-state index contributed by atoms with van der Waals surface area (Å²) in [7, 11) is 0. The minimum atomic E-state index is 0.666. The van der Waals surface area contributed by atoms with E-state index in [4.69, 9.17) is 0 Å². The number of nitrogens with one attached hydrogen (secondary N) is 2. The highest BCUT2D eigenvalue weighted by Gasteiger charge is 2.02. The van der Waals surface area contributed by atoms with E-state index in [1.54, 1.807) is 6.20 Å². The zero-order chi connectivity index (χ0) is 15.2. The van der Waals surface area contributed by atoms with E-state index in [0.29, 0.717) is 6.54 Å². The van der Waals surface area contributed by atoms with Crippen LogP contribution in [0.3, 0.4) is 0 Å². The minimum Gasteiger partial charge on any atom is -0.366 e. The second-order valence-corrected chi connectivity index (χ2v) is 5.46. The van der Waals surface area contributed by atoms with Gasteiger partial charge in [0.1, 0.15) is 18.0 Å². The molecule has 2 aromatic heterocycles. The maximum absolute atomic E-state index is 4.24. The fraction of sp³-hybridized carbons (Fsp3) is 0.0625. The molecule has 0 radical (unpaired) electrons. The molecule has 0 saturated carbocycles. The van der Waals surface area contributed by atoms with E-state index in [9.17, 15) is 0 Å². The van der Waals surface area contributed by atoms with Gasteiger partial charge < -0.3 is 10.6 Å². The lowest BCUT2D eigenvalue weighted by atomic mass is 10.3. The normalized spacial score (nSPS) is 10.2. The molecular weight excluding hydrogens is 342 g/mol. The van der Waals surface area contributed by atoms with Crippen molar-refractivity contribution in [1.82, 2.24) is 15.0 Å². The van der Waals surface area contributed by atoms with Gasteiger partial charge in [-0.2, -0.15) is 0 Å². The van der Waals surface area contributed by atoms with Crippen LogP contribution >= 0.6 is 15.9 Å². The van der Waals surface area contributed by atoms with E-state index < -0.39 is 0 Å². The lowest BCUT2D eigenvalue weighted by Gasteiger charge is -2.09. The topological polar surface area (TPSA) is 62.7 Å². The number of anilines is 3. The van der Waals surface area contributed by atoms with Gasteiger partial charge in [-0.15, -0.1) is 0 Å². The molecule has 22 heavy (non-hydrogen) atoms. The van der Waals surface area contributed by atoms with Gasteiger partial charge in [-0.05, 0) is 39.7 Å². The molecule has 110 valence electrons. The van der Waals surface area contributed by atoms with Crippen LogP contribution in [-0.4, -0.2) is 15.0 Å². The molecule has 0 amide bonds. The van der Waals surface area contributed by atoms with Crippen LogP contribution in [0, 0.1) is 0 Å². The average Bonchev–Trinajstić information content (AvgIpc) is 2.57. The van der Waals surface area contributed by atoms with Crippen molar-refractivity contribution in [3.05, 3.63) is 71.2 Å². The first-order chi connectivity index (χ1) is 10.8. The van der Waals surface area contributed by atoms with Gasteiger partial charge in [0.15, 0.2) is 0 Å². The largest absolute Gasteiger partial charge is 0.366 e. The second kappa shape index (κ2) is 7.00. The van der Waals surface area contributed by atoms with Crippen LogP contribution in [-0.2, 0) is 6.54 Å². The zero-order valence-corrected chi connectivity index (χ0v) is 13.3. The third-order valence-corrected chi connectivity index (χ3v) is 3.69. The fourth-order valence-electron chi connectivity index (χ4n) is 1.92.